The molecule has 0 unspecified atom stereocenters. The molecule has 0 bridgehead atoms. The van der Waals surface area contributed by atoms with Gasteiger partial charge in [0.1, 0.15) is 5.82 Å². The number of nitrogens with two attached hydrogens (primary N) is 1. The summed E-state index contributed by atoms with van der Waals surface area (Å²) in [6, 6.07) is 15.8. The molecule has 116 valence electrons. The first-order chi connectivity index (χ1) is 10.8. The molecular formula is C18H22FN3. The molecule has 1 fully saturated rings. The van der Waals surface area contributed by atoms with Crippen LogP contribution >= 0.6 is 0 Å². The molecule has 0 saturated carbocycles. The molecule has 2 aromatic rings. The molecule has 1 aliphatic rings. The average Bonchev–Trinajstić information content (AvgIpc) is 2.58. The standard InChI is InChI=1S/C18H22FN3/c19-18-12-15(13-20)6-7-16(18)14-21-8-10-22(11-9-21)17-4-2-1-3-5-17/h1-7,12H,8-11,13-14,20H2. The minimum Gasteiger partial charge on any atom is -0.369 e. The van der Waals surface area contributed by atoms with Gasteiger partial charge in [-0.1, -0.05) is 30.3 Å². The summed E-state index contributed by atoms with van der Waals surface area (Å²) in [5, 5.41) is 0. The zero-order chi connectivity index (χ0) is 15.4. The van der Waals surface area contributed by atoms with Gasteiger partial charge >= 0.3 is 0 Å². The van der Waals surface area contributed by atoms with E-state index in [0.717, 1.165) is 37.3 Å². The number of rotatable bonds is 4. The van der Waals surface area contributed by atoms with Crippen molar-refractivity contribution < 1.29 is 4.39 Å². The molecule has 0 aliphatic carbocycles. The maximum absolute atomic E-state index is 14.0. The predicted octanol–water partition coefficient (Wildman–Crippen LogP) is 2.61. The Kier molecular flexibility index (Phi) is 4.71. The summed E-state index contributed by atoms with van der Waals surface area (Å²) < 4.78 is 14.0. The lowest BCUT2D eigenvalue weighted by Crippen LogP contribution is -2.46. The number of halogens is 1. The highest BCUT2D eigenvalue weighted by atomic mass is 19.1. The molecule has 3 rings (SSSR count). The first kappa shape index (κ1) is 15.0. The van der Waals surface area contributed by atoms with Crippen LogP contribution in [0.2, 0.25) is 0 Å². The Bertz CT molecular complexity index is 607. The van der Waals surface area contributed by atoms with E-state index in [-0.39, 0.29) is 5.82 Å². The predicted molar refractivity (Wildman–Crippen MR) is 88.2 cm³/mol. The molecule has 3 nitrogen and oxygen atoms in total. The molecule has 1 aliphatic heterocycles. The lowest BCUT2D eigenvalue weighted by Gasteiger charge is -2.36. The van der Waals surface area contributed by atoms with Gasteiger partial charge in [0.25, 0.3) is 0 Å². The molecule has 0 radical (unpaired) electrons. The fraction of sp³-hybridized carbons (Fsp3) is 0.333. The average molecular weight is 299 g/mol. The molecule has 1 heterocycles. The van der Waals surface area contributed by atoms with E-state index in [4.69, 9.17) is 5.73 Å². The third kappa shape index (κ3) is 3.46. The van der Waals surface area contributed by atoms with E-state index >= 15 is 0 Å². The first-order valence-corrected chi connectivity index (χ1v) is 7.76. The molecule has 4 heteroatoms. The van der Waals surface area contributed by atoms with Gasteiger partial charge in [-0.05, 0) is 23.8 Å². The smallest absolute Gasteiger partial charge is 0.128 e. The molecule has 0 spiro atoms. The van der Waals surface area contributed by atoms with Crippen molar-refractivity contribution in [2.75, 3.05) is 31.1 Å². The van der Waals surface area contributed by atoms with Crippen molar-refractivity contribution in [2.45, 2.75) is 13.1 Å². The minimum atomic E-state index is -0.145. The van der Waals surface area contributed by atoms with Crippen molar-refractivity contribution >= 4 is 5.69 Å². The summed E-state index contributed by atoms with van der Waals surface area (Å²) in [5.74, 6) is -0.145. The van der Waals surface area contributed by atoms with E-state index in [2.05, 4.69) is 34.1 Å². The number of hydrogen-bond acceptors (Lipinski definition) is 3. The van der Waals surface area contributed by atoms with Gasteiger partial charge in [0.2, 0.25) is 0 Å². The van der Waals surface area contributed by atoms with E-state index in [9.17, 15) is 4.39 Å². The van der Waals surface area contributed by atoms with Crippen LogP contribution in [0, 0.1) is 5.82 Å². The van der Waals surface area contributed by atoms with E-state index in [1.165, 1.54) is 5.69 Å². The van der Waals surface area contributed by atoms with E-state index < -0.39 is 0 Å². The third-order valence-electron chi connectivity index (χ3n) is 4.24. The topological polar surface area (TPSA) is 32.5 Å². The molecule has 2 N–H and O–H groups in total. The second kappa shape index (κ2) is 6.90. The van der Waals surface area contributed by atoms with Gasteiger partial charge in [0, 0.05) is 50.5 Å². The van der Waals surface area contributed by atoms with Crippen LogP contribution in [0.4, 0.5) is 10.1 Å². The number of para-hydroxylation sites is 1. The maximum atomic E-state index is 14.0. The van der Waals surface area contributed by atoms with Gasteiger partial charge in [-0.2, -0.15) is 0 Å². The SMILES string of the molecule is NCc1ccc(CN2CCN(c3ccccc3)CC2)c(F)c1. The van der Waals surface area contributed by atoms with Crippen molar-refractivity contribution in [3.05, 3.63) is 65.5 Å². The summed E-state index contributed by atoms with van der Waals surface area (Å²) in [7, 11) is 0. The van der Waals surface area contributed by atoms with Crippen LogP contribution in [-0.2, 0) is 13.1 Å². The summed E-state index contributed by atoms with van der Waals surface area (Å²) in [5.41, 5.74) is 8.40. The van der Waals surface area contributed by atoms with Crippen molar-refractivity contribution in [3.8, 4) is 0 Å². The Morgan fingerprint density at radius 2 is 1.68 bits per heavy atom. The van der Waals surface area contributed by atoms with Crippen LogP contribution in [-0.4, -0.2) is 31.1 Å². The molecule has 0 atom stereocenters. The lowest BCUT2D eigenvalue weighted by molar-refractivity contribution is 0.246. The Morgan fingerprint density at radius 3 is 2.32 bits per heavy atom. The zero-order valence-corrected chi connectivity index (χ0v) is 12.7. The number of anilines is 1. The second-order valence-corrected chi connectivity index (χ2v) is 5.73. The van der Waals surface area contributed by atoms with Crippen LogP contribution in [0.5, 0.6) is 0 Å². The van der Waals surface area contributed by atoms with Crippen LogP contribution in [0.25, 0.3) is 0 Å². The normalized spacial score (nSPS) is 16.0. The Labute approximate surface area is 131 Å². The van der Waals surface area contributed by atoms with Gasteiger partial charge in [0.05, 0.1) is 0 Å². The fourth-order valence-electron chi connectivity index (χ4n) is 2.89. The van der Waals surface area contributed by atoms with Crippen molar-refractivity contribution in [3.63, 3.8) is 0 Å². The van der Waals surface area contributed by atoms with Gasteiger partial charge in [-0.3, -0.25) is 4.90 Å². The summed E-state index contributed by atoms with van der Waals surface area (Å²) in [6.07, 6.45) is 0. The van der Waals surface area contributed by atoms with E-state index in [1.54, 1.807) is 6.07 Å². The largest absolute Gasteiger partial charge is 0.369 e. The lowest BCUT2D eigenvalue weighted by atomic mass is 10.1. The van der Waals surface area contributed by atoms with E-state index in [0.29, 0.717) is 13.1 Å². The van der Waals surface area contributed by atoms with Crippen molar-refractivity contribution in [1.29, 1.82) is 0 Å². The fourth-order valence-corrected chi connectivity index (χ4v) is 2.89. The number of hydrogen-bond donors (Lipinski definition) is 1. The minimum absolute atomic E-state index is 0.145. The van der Waals surface area contributed by atoms with Gasteiger partial charge in [-0.25, -0.2) is 4.39 Å². The summed E-state index contributed by atoms with van der Waals surface area (Å²) in [4.78, 5) is 4.68. The highest BCUT2D eigenvalue weighted by molar-refractivity contribution is 5.46. The number of piperazine rings is 1. The molecule has 1 saturated heterocycles. The molecular weight excluding hydrogens is 277 g/mol. The number of benzene rings is 2. The summed E-state index contributed by atoms with van der Waals surface area (Å²) >= 11 is 0. The Balaban J connectivity index is 1.58. The monoisotopic (exact) mass is 299 g/mol. The van der Waals surface area contributed by atoms with Gasteiger partial charge < -0.3 is 10.6 Å². The number of nitrogens with zero attached hydrogens (tertiary/aromatic N) is 2. The van der Waals surface area contributed by atoms with E-state index in [1.807, 2.05) is 18.2 Å². The van der Waals surface area contributed by atoms with Crippen LogP contribution in [0.1, 0.15) is 11.1 Å². The third-order valence-corrected chi connectivity index (χ3v) is 4.24. The second-order valence-electron chi connectivity index (χ2n) is 5.73. The maximum Gasteiger partial charge on any atom is 0.128 e. The van der Waals surface area contributed by atoms with Crippen molar-refractivity contribution in [1.82, 2.24) is 4.90 Å². The Morgan fingerprint density at radius 1 is 0.955 bits per heavy atom. The molecule has 0 aromatic heterocycles. The Hall–Kier alpha value is -1.91. The van der Waals surface area contributed by atoms with Crippen LogP contribution < -0.4 is 10.6 Å². The molecule has 22 heavy (non-hydrogen) atoms. The quantitative estimate of drug-likeness (QED) is 0.942. The van der Waals surface area contributed by atoms with Crippen molar-refractivity contribution in [2.24, 2.45) is 5.73 Å². The van der Waals surface area contributed by atoms with Crippen LogP contribution in [0.3, 0.4) is 0 Å². The van der Waals surface area contributed by atoms with Gasteiger partial charge in [0.15, 0.2) is 0 Å². The summed E-state index contributed by atoms with van der Waals surface area (Å²) in [6.45, 7) is 4.91. The zero-order valence-electron chi connectivity index (χ0n) is 12.7. The highest BCUT2D eigenvalue weighted by Crippen LogP contribution is 2.18. The van der Waals surface area contributed by atoms with Gasteiger partial charge in [-0.15, -0.1) is 0 Å². The first-order valence-electron chi connectivity index (χ1n) is 7.76. The molecule has 0 amide bonds. The highest BCUT2D eigenvalue weighted by Gasteiger charge is 2.18. The molecule has 2 aromatic carbocycles. The van der Waals surface area contributed by atoms with Crippen LogP contribution in [0.15, 0.2) is 48.5 Å².